The molecule has 2 unspecified atom stereocenters. The van der Waals surface area contributed by atoms with Gasteiger partial charge < -0.3 is 0 Å². The first kappa shape index (κ1) is 14.7. The van der Waals surface area contributed by atoms with E-state index in [1.807, 2.05) is 0 Å². The lowest BCUT2D eigenvalue weighted by Gasteiger charge is -2.20. The van der Waals surface area contributed by atoms with Crippen molar-refractivity contribution >= 4 is 5.78 Å². The molecule has 0 aliphatic carbocycles. The number of likely N-dealkylation sites (tertiary alicyclic amines) is 1. The summed E-state index contributed by atoms with van der Waals surface area (Å²) in [5, 5.41) is 0. The van der Waals surface area contributed by atoms with Crippen molar-refractivity contribution in [3.63, 3.8) is 0 Å². The Hall–Kier alpha value is -0.370. The maximum atomic E-state index is 11.9. The molecule has 1 heterocycles. The predicted octanol–water partition coefficient (Wildman–Crippen LogP) is 3.50. The van der Waals surface area contributed by atoms with E-state index in [0.29, 0.717) is 12.3 Å². The molecule has 2 atom stereocenters. The Morgan fingerprint density at radius 1 is 1.29 bits per heavy atom. The van der Waals surface area contributed by atoms with Crippen LogP contribution in [0.4, 0.5) is 0 Å². The van der Waals surface area contributed by atoms with E-state index in [1.54, 1.807) is 0 Å². The van der Waals surface area contributed by atoms with E-state index in [2.05, 4.69) is 25.7 Å². The minimum atomic E-state index is 0.240. The molecule has 0 amide bonds. The van der Waals surface area contributed by atoms with Crippen LogP contribution in [0.3, 0.4) is 0 Å². The summed E-state index contributed by atoms with van der Waals surface area (Å²) in [5.41, 5.74) is 0. The molecule has 17 heavy (non-hydrogen) atoms. The maximum Gasteiger partial charge on any atom is 0.149 e. The zero-order valence-corrected chi connectivity index (χ0v) is 11.9. The molecule has 0 spiro atoms. The standard InChI is InChI=1S/C15H29NO/c1-4-7-14-8-6-10-16(11-9-14)12-15(17)13(3)5-2/h13-14H,4-12H2,1-3H3. The van der Waals surface area contributed by atoms with E-state index < -0.39 is 0 Å². The second kappa shape index (κ2) is 7.86. The predicted molar refractivity (Wildman–Crippen MR) is 73.2 cm³/mol. The molecule has 2 heteroatoms. The van der Waals surface area contributed by atoms with Gasteiger partial charge in [-0.3, -0.25) is 9.69 Å². The monoisotopic (exact) mass is 239 g/mol. The van der Waals surface area contributed by atoms with E-state index in [9.17, 15) is 4.79 Å². The van der Waals surface area contributed by atoms with Crippen LogP contribution in [0.25, 0.3) is 0 Å². The molecule has 1 aliphatic rings. The quantitative estimate of drug-likeness (QED) is 0.707. The molecule has 2 nitrogen and oxygen atoms in total. The third kappa shape index (κ3) is 5.20. The van der Waals surface area contributed by atoms with Crippen molar-refractivity contribution in [3.05, 3.63) is 0 Å². The summed E-state index contributed by atoms with van der Waals surface area (Å²) in [6, 6.07) is 0. The van der Waals surface area contributed by atoms with Gasteiger partial charge in [0, 0.05) is 5.92 Å². The van der Waals surface area contributed by atoms with Crippen LogP contribution in [0.15, 0.2) is 0 Å². The molecule has 1 saturated heterocycles. The van der Waals surface area contributed by atoms with Crippen molar-refractivity contribution in [2.45, 2.75) is 59.3 Å². The van der Waals surface area contributed by atoms with Crippen molar-refractivity contribution in [2.75, 3.05) is 19.6 Å². The van der Waals surface area contributed by atoms with Gasteiger partial charge in [-0.05, 0) is 44.7 Å². The number of carbonyl (C=O) groups is 1. The van der Waals surface area contributed by atoms with Gasteiger partial charge in [0.1, 0.15) is 5.78 Å². The Kier molecular flexibility index (Phi) is 6.79. The van der Waals surface area contributed by atoms with Crippen LogP contribution in [-0.4, -0.2) is 30.3 Å². The highest BCUT2D eigenvalue weighted by molar-refractivity contribution is 5.82. The normalized spacial score (nSPS) is 24.3. The molecule has 1 rings (SSSR count). The Balaban J connectivity index is 2.33. The van der Waals surface area contributed by atoms with Gasteiger partial charge in [0.2, 0.25) is 0 Å². The Morgan fingerprint density at radius 2 is 2.06 bits per heavy atom. The smallest absolute Gasteiger partial charge is 0.149 e. The minimum Gasteiger partial charge on any atom is -0.298 e. The fourth-order valence-electron chi connectivity index (χ4n) is 2.68. The highest BCUT2D eigenvalue weighted by Crippen LogP contribution is 2.22. The zero-order chi connectivity index (χ0) is 12.7. The summed E-state index contributed by atoms with van der Waals surface area (Å²) in [4.78, 5) is 14.3. The molecule has 0 aromatic heterocycles. The van der Waals surface area contributed by atoms with Crippen LogP contribution >= 0.6 is 0 Å². The molecular weight excluding hydrogens is 210 g/mol. The van der Waals surface area contributed by atoms with Crippen molar-refractivity contribution in [1.29, 1.82) is 0 Å². The summed E-state index contributed by atoms with van der Waals surface area (Å²) in [6.45, 7) is 9.38. The molecule has 0 saturated carbocycles. The van der Waals surface area contributed by atoms with Gasteiger partial charge >= 0.3 is 0 Å². The van der Waals surface area contributed by atoms with Crippen molar-refractivity contribution < 1.29 is 4.79 Å². The van der Waals surface area contributed by atoms with Crippen LogP contribution < -0.4 is 0 Å². The summed E-state index contributed by atoms with van der Waals surface area (Å²) >= 11 is 0. The van der Waals surface area contributed by atoms with Crippen molar-refractivity contribution in [2.24, 2.45) is 11.8 Å². The van der Waals surface area contributed by atoms with Gasteiger partial charge in [0.25, 0.3) is 0 Å². The Morgan fingerprint density at radius 3 is 2.71 bits per heavy atom. The van der Waals surface area contributed by atoms with Gasteiger partial charge in [0.05, 0.1) is 6.54 Å². The first-order chi connectivity index (χ1) is 8.17. The van der Waals surface area contributed by atoms with E-state index in [1.165, 1.54) is 32.1 Å². The van der Waals surface area contributed by atoms with E-state index in [0.717, 1.165) is 25.4 Å². The Labute approximate surface area is 107 Å². The topological polar surface area (TPSA) is 20.3 Å². The number of hydrogen-bond acceptors (Lipinski definition) is 2. The van der Waals surface area contributed by atoms with Gasteiger partial charge in [-0.1, -0.05) is 33.6 Å². The number of ketones is 1. The Bertz CT molecular complexity index is 227. The highest BCUT2D eigenvalue weighted by Gasteiger charge is 2.19. The fraction of sp³-hybridized carbons (Fsp3) is 0.933. The van der Waals surface area contributed by atoms with E-state index in [-0.39, 0.29) is 5.92 Å². The van der Waals surface area contributed by atoms with Crippen LogP contribution in [0, 0.1) is 11.8 Å². The minimum absolute atomic E-state index is 0.240. The third-order valence-electron chi connectivity index (χ3n) is 4.18. The summed E-state index contributed by atoms with van der Waals surface area (Å²) in [7, 11) is 0. The first-order valence-corrected chi connectivity index (χ1v) is 7.42. The average Bonchev–Trinajstić information content (AvgIpc) is 2.54. The number of Topliss-reactive ketones (excluding diaryl/α,β-unsaturated/α-hetero) is 1. The molecule has 100 valence electrons. The van der Waals surface area contributed by atoms with Crippen LogP contribution in [-0.2, 0) is 4.79 Å². The first-order valence-electron chi connectivity index (χ1n) is 7.42. The van der Waals surface area contributed by atoms with Gasteiger partial charge in [0.15, 0.2) is 0 Å². The SMILES string of the molecule is CCCC1CCCN(CC(=O)C(C)CC)CC1. The molecule has 0 radical (unpaired) electrons. The average molecular weight is 239 g/mol. The lowest BCUT2D eigenvalue weighted by atomic mass is 9.96. The van der Waals surface area contributed by atoms with Crippen molar-refractivity contribution in [3.8, 4) is 0 Å². The van der Waals surface area contributed by atoms with Gasteiger partial charge in [-0.2, -0.15) is 0 Å². The van der Waals surface area contributed by atoms with E-state index >= 15 is 0 Å². The number of hydrogen-bond donors (Lipinski definition) is 0. The van der Waals surface area contributed by atoms with Crippen LogP contribution in [0.2, 0.25) is 0 Å². The molecule has 1 aliphatic heterocycles. The van der Waals surface area contributed by atoms with Crippen molar-refractivity contribution in [1.82, 2.24) is 4.90 Å². The molecule has 0 N–H and O–H groups in total. The largest absolute Gasteiger partial charge is 0.298 e. The molecule has 1 fully saturated rings. The number of rotatable bonds is 6. The van der Waals surface area contributed by atoms with E-state index in [4.69, 9.17) is 0 Å². The summed E-state index contributed by atoms with van der Waals surface area (Å²) in [5.74, 6) is 1.58. The molecular formula is C15H29NO. The highest BCUT2D eigenvalue weighted by atomic mass is 16.1. The molecule has 0 bridgehead atoms. The second-order valence-corrected chi connectivity index (χ2v) is 5.64. The zero-order valence-electron chi connectivity index (χ0n) is 11.9. The van der Waals surface area contributed by atoms with Crippen LogP contribution in [0.5, 0.6) is 0 Å². The fourth-order valence-corrected chi connectivity index (χ4v) is 2.68. The lowest BCUT2D eigenvalue weighted by molar-refractivity contribution is -0.123. The number of nitrogens with zero attached hydrogens (tertiary/aromatic N) is 1. The lowest BCUT2D eigenvalue weighted by Crippen LogP contribution is -2.33. The molecule has 0 aromatic rings. The van der Waals surface area contributed by atoms with Gasteiger partial charge in [-0.25, -0.2) is 0 Å². The third-order valence-corrected chi connectivity index (χ3v) is 4.18. The second-order valence-electron chi connectivity index (χ2n) is 5.64. The summed E-state index contributed by atoms with van der Waals surface area (Å²) < 4.78 is 0. The number of carbonyl (C=O) groups excluding carboxylic acids is 1. The van der Waals surface area contributed by atoms with Crippen LogP contribution in [0.1, 0.15) is 59.3 Å². The molecule has 0 aromatic carbocycles. The maximum absolute atomic E-state index is 11.9. The van der Waals surface area contributed by atoms with Gasteiger partial charge in [-0.15, -0.1) is 0 Å². The summed E-state index contributed by atoms with van der Waals surface area (Å²) in [6.07, 6.45) is 7.58.